The molecule has 2 aliphatic rings. The Kier molecular flexibility index (Phi) is 4.54. The predicted octanol–water partition coefficient (Wildman–Crippen LogP) is -0.565. The minimum absolute atomic E-state index is 0.00464. The fraction of sp³-hybridized carbons (Fsp3) is 1.00. The lowest BCUT2D eigenvalue weighted by Gasteiger charge is -2.27. The number of nitrogens with zero attached hydrogens (tertiary/aromatic N) is 1. The van der Waals surface area contributed by atoms with Crippen molar-refractivity contribution >= 4 is 19.9 Å². The molecule has 0 spiro atoms. The van der Waals surface area contributed by atoms with Crippen molar-refractivity contribution < 1.29 is 16.8 Å². The zero-order chi connectivity index (χ0) is 14.1. The molecule has 2 saturated heterocycles. The molecule has 8 heteroatoms. The second kappa shape index (κ2) is 5.67. The fourth-order valence-corrected chi connectivity index (χ4v) is 6.68. The minimum atomic E-state index is -3.32. The Morgan fingerprint density at radius 3 is 2.42 bits per heavy atom. The Bertz CT molecular complexity index is 501. The van der Waals surface area contributed by atoms with Gasteiger partial charge in [0.15, 0.2) is 0 Å². The Hall–Kier alpha value is -0.180. The van der Waals surface area contributed by atoms with E-state index in [0.29, 0.717) is 19.0 Å². The van der Waals surface area contributed by atoms with E-state index in [1.807, 2.05) is 7.05 Å². The lowest BCUT2D eigenvalue weighted by atomic mass is 10.1. The van der Waals surface area contributed by atoms with E-state index >= 15 is 0 Å². The molecule has 0 aromatic heterocycles. The van der Waals surface area contributed by atoms with E-state index in [2.05, 4.69) is 5.32 Å². The van der Waals surface area contributed by atoms with Crippen LogP contribution >= 0.6 is 0 Å². The number of rotatable bonds is 4. The summed E-state index contributed by atoms with van der Waals surface area (Å²) in [6.07, 6.45) is 1.38. The summed E-state index contributed by atoms with van der Waals surface area (Å²) >= 11 is 0. The molecule has 1 N–H and O–H groups in total. The van der Waals surface area contributed by atoms with Crippen molar-refractivity contribution in [3.8, 4) is 0 Å². The molecule has 6 nitrogen and oxygen atoms in total. The molecule has 0 saturated carbocycles. The van der Waals surface area contributed by atoms with E-state index in [4.69, 9.17) is 0 Å². The van der Waals surface area contributed by atoms with Crippen molar-refractivity contribution in [2.45, 2.75) is 24.5 Å². The third-order valence-corrected chi connectivity index (χ3v) is 8.10. The summed E-state index contributed by atoms with van der Waals surface area (Å²) in [7, 11) is -4.47. The van der Waals surface area contributed by atoms with E-state index in [9.17, 15) is 16.8 Å². The highest BCUT2D eigenvalue weighted by molar-refractivity contribution is 7.92. The summed E-state index contributed by atoms with van der Waals surface area (Å²) in [6, 6.07) is 0. The summed E-state index contributed by atoms with van der Waals surface area (Å²) in [5.41, 5.74) is 0. The molecular formula is C11H22N2O4S2. The Morgan fingerprint density at radius 2 is 1.84 bits per heavy atom. The van der Waals surface area contributed by atoms with Crippen molar-refractivity contribution in [3.63, 3.8) is 0 Å². The third kappa shape index (κ3) is 3.48. The van der Waals surface area contributed by atoms with Crippen LogP contribution in [0.4, 0.5) is 0 Å². The standard InChI is InChI=1S/C11H22N2O4S2/c1-12-8-10-2-5-13(9-10)19(16,17)11-3-6-18(14,15)7-4-11/h10-12H,2-9H2,1H3. The van der Waals surface area contributed by atoms with Crippen LogP contribution in [-0.2, 0) is 19.9 Å². The van der Waals surface area contributed by atoms with E-state index < -0.39 is 25.1 Å². The molecule has 0 radical (unpaired) electrons. The first-order valence-electron chi connectivity index (χ1n) is 6.69. The van der Waals surface area contributed by atoms with Gasteiger partial charge in [-0.15, -0.1) is 0 Å². The molecule has 2 rings (SSSR count). The lowest BCUT2D eigenvalue weighted by molar-refractivity contribution is 0.437. The van der Waals surface area contributed by atoms with Crippen LogP contribution in [0, 0.1) is 5.92 Å². The molecule has 2 fully saturated rings. The number of hydrogen-bond acceptors (Lipinski definition) is 5. The van der Waals surface area contributed by atoms with Gasteiger partial charge in [0.2, 0.25) is 10.0 Å². The van der Waals surface area contributed by atoms with Gasteiger partial charge in [0, 0.05) is 13.1 Å². The van der Waals surface area contributed by atoms with E-state index in [1.165, 1.54) is 0 Å². The van der Waals surface area contributed by atoms with Gasteiger partial charge in [0.1, 0.15) is 9.84 Å². The highest BCUT2D eigenvalue weighted by Crippen LogP contribution is 2.27. The average molecular weight is 310 g/mol. The maximum Gasteiger partial charge on any atom is 0.217 e. The van der Waals surface area contributed by atoms with E-state index in [-0.39, 0.29) is 24.3 Å². The van der Waals surface area contributed by atoms with Crippen LogP contribution in [0.5, 0.6) is 0 Å². The van der Waals surface area contributed by atoms with Crippen molar-refractivity contribution in [1.29, 1.82) is 0 Å². The van der Waals surface area contributed by atoms with Crippen molar-refractivity contribution in [2.75, 3.05) is 38.2 Å². The average Bonchev–Trinajstić information content (AvgIpc) is 2.78. The number of sulfone groups is 1. The molecular weight excluding hydrogens is 288 g/mol. The van der Waals surface area contributed by atoms with Crippen LogP contribution < -0.4 is 5.32 Å². The van der Waals surface area contributed by atoms with Crippen molar-refractivity contribution in [1.82, 2.24) is 9.62 Å². The van der Waals surface area contributed by atoms with Crippen molar-refractivity contribution in [2.24, 2.45) is 5.92 Å². The Morgan fingerprint density at radius 1 is 1.21 bits per heavy atom. The first kappa shape index (κ1) is 15.2. The van der Waals surface area contributed by atoms with Gasteiger partial charge in [-0.25, -0.2) is 21.1 Å². The topological polar surface area (TPSA) is 83.6 Å². The van der Waals surface area contributed by atoms with Gasteiger partial charge in [-0.1, -0.05) is 0 Å². The molecule has 1 atom stereocenters. The molecule has 112 valence electrons. The second-order valence-electron chi connectivity index (χ2n) is 5.47. The number of sulfonamides is 1. The first-order chi connectivity index (χ1) is 8.85. The molecule has 0 bridgehead atoms. The van der Waals surface area contributed by atoms with Gasteiger partial charge in [0.25, 0.3) is 0 Å². The maximum atomic E-state index is 12.5. The number of nitrogens with one attached hydrogen (secondary N) is 1. The molecule has 2 heterocycles. The summed E-state index contributed by atoms with van der Waals surface area (Å²) < 4.78 is 49.2. The quantitative estimate of drug-likeness (QED) is 0.752. The molecule has 0 aliphatic carbocycles. The summed E-state index contributed by atoms with van der Waals surface area (Å²) in [6.45, 7) is 1.95. The predicted molar refractivity (Wildman–Crippen MR) is 74.2 cm³/mol. The SMILES string of the molecule is CNCC1CCN(S(=O)(=O)C2CCS(=O)(=O)CC2)C1. The zero-order valence-electron chi connectivity index (χ0n) is 11.2. The first-order valence-corrected chi connectivity index (χ1v) is 10.0. The van der Waals surface area contributed by atoms with E-state index in [1.54, 1.807) is 4.31 Å². The third-order valence-electron chi connectivity index (χ3n) is 4.02. The fourth-order valence-electron chi connectivity index (χ4n) is 2.86. The van der Waals surface area contributed by atoms with Gasteiger partial charge in [-0.2, -0.15) is 0 Å². The summed E-state index contributed by atoms with van der Waals surface area (Å²) in [4.78, 5) is 0. The lowest BCUT2D eigenvalue weighted by Crippen LogP contribution is -2.42. The van der Waals surface area contributed by atoms with Crippen LogP contribution in [0.2, 0.25) is 0 Å². The molecule has 19 heavy (non-hydrogen) atoms. The monoisotopic (exact) mass is 310 g/mol. The van der Waals surface area contributed by atoms with Crippen LogP contribution in [0.1, 0.15) is 19.3 Å². The second-order valence-corrected chi connectivity index (χ2v) is 9.98. The van der Waals surface area contributed by atoms with Gasteiger partial charge in [0.05, 0.1) is 16.8 Å². The van der Waals surface area contributed by atoms with E-state index in [0.717, 1.165) is 13.0 Å². The highest BCUT2D eigenvalue weighted by atomic mass is 32.2. The van der Waals surface area contributed by atoms with Crippen molar-refractivity contribution in [3.05, 3.63) is 0 Å². The zero-order valence-corrected chi connectivity index (χ0v) is 12.8. The largest absolute Gasteiger partial charge is 0.319 e. The Labute approximate surface area is 115 Å². The van der Waals surface area contributed by atoms with Crippen LogP contribution in [0.25, 0.3) is 0 Å². The molecule has 0 aromatic carbocycles. The summed E-state index contributed by atoms with van der Waals surface area (Å²) in [5.74, 6) is 0.377. The van der Waals surface area contributed by atoms with Gasteiger partial charge in [-0.3, -0.25) is 0 Å². The van der Waals surface area contributed by atoms with Crippen LogP contribution in [0.15, 0.2) is 0 Å². The normalized spacial score (nSPS) is 29.6. The van der Waals surface area contributed by atoms with Gasteiger partial charge < -0.3 is 5.32 Å². The minimum Gasteiger partial charge on any atom is -0.319 e. The molecule has 0 amide bonds. The van der Waals surface area contributed by atoms with Crippen LogP contribution in [-0.4, -0.2) is 64.6 Å². The van der Waals surface area contributed by atoms with Crippen LogP contribution in [0.3, 0.4) is 0 Å². The molecule has 1 unspecified atom stereocenters. The number of hydrogen-bond donors (Lipinski definition) is 1. The molecule has 0 aromatic rings. The highest BCUT2D eigenvalue weighted by Gasteiger charge is 2.39. The molecule has 2 aliphatic heterocycles. The maximum absolute atomic E-state index is 12.5. The Balaban J connectivity index is 2.00. The smallest absolute Gasteiger partial charge is 0.217 e. The summed E-state index contributed by atoms with van der Waals surface area (Å²) in [5, 5.41) is 2.56. The van der Waals surface area contributed by atoms with Gasteiger partial charge >= 0.3 is 0 Å². The van der Waals surface area contributed by atoms with Gasteiger partial charge in [-0.05, 0) is 38.8 Å².